The molecule has 0 aromatic carbocycles. The number of aromatic nitrogens is 2. The number of nitrogen functional groups attached to an aromatic ring is 1. The summed E-state index contributed by atoms with van der Waals surface area (Å²) in [7, 11) is 0. The number of rotatable bonds is 5. The van der Waals surface area contributed by atoms with E-state index in [-0.39, 0.29) is 0 Å². The van der Waals surface area contributed by atoms with E-state index in [0.717, 1.165) is 34.0 Å². The normalized spacial score (nSPS) is 11.4. The Bertz CT molecular complexity index is 536. The van der Waals surface area contributed by atoms with Crippen molar-refractivity contribution in [3.8, 4) is 0 Å². The predicted molar refractivity (Wildman–Crippen MR) is 81.0 cm³/mol. The fraction of sp³-hybridized carbons (Fsp3) is 0.500. The van der Waals surface area contributed by atoms with E-state index in [2.05, 4.69) is 42.2 Å². The molecule has 0 saturated carbocycles. The van der Waals surface area contributed by atoms with E-state index in [0.29, 0.717) is 5.25 Å². The van der Waals surface area contributed by atoms with Crippen LogP contribution in [0.15, 0.2) is 6.07 Å². The molecule has 0 radical (unpaired) electrons. The molecule has 0 bridgehead atoms. The first kappa shape index (κ1) is 13.6. The predicted octanol–water partition coefficient (Wildman–Crippen LogP) is 3.18. The molecule has 4 nitrogen and oxygen atoms in total. The third-order valence-corrected chi connectivity index (χ3v) is 4.79. The highest BCUT2D eigenvalue weighted by Gasteiger charge is 2.11. The van der Waals surface area contributed by atoms with Crippen molar-refractivity contribution in [3.05, 3.63) is 16.8 Å². The molecule has 18 heavy (non-hydrogen) atoms. The van der Waals surface area contributed by atoms with Gasteiger partial charge in [0.2, 0.25) is 0 Å². The number of aryl methyl sites for hydroxylation is 1. The van der Waals surface area contributed by atoms with E-state index in [9.17, 15) is 0 Å². The van der Waals surface area contributed by atoms with Gasteiger partial charge in [0.25, 0.3) is 0 Å². The first-order valence-corrected chi connectivity index (χ1v) is 7.88. The molecule has 0 unspecified atom stereocenters. The molecule has 0 amide bonds. The average Bonchev–Trinajstić information content (AvgIpc) is 2.78. The largest absolute Gasteiger partial charge is 0.308 e. The number of nitrogens with two attached hydrogens (primary N) is 1. The molecule has 0 aliphatic rings. The van der Waals surface area contributed by atoms with Gasteiger partial charge in [-0.15, -0.1) is 11.3 Å². The Morgan fingerprint density at radius 3 is 2.83 bits per heavy atom. The van der Waals surface area contributed by atoms with E-state index in [1.54, 1.807) is 11.3 Å². The summed E-state index contributed by atoms with van der Waals surface area (Å²) in [4.78, 5) is 11.4. The number of thioether (sulfide) groups is 1. The van der Waals surface area contributed by atoms with Gasteiger partial charge >= 0.3 is 0 Å². The maximum atomic E-state index is 5.55. The standard InChI is InChI=1S/C12H18N4S2/c1-4-8-5-9-11(16-13)14-10(6-17-7(2)3)15-12(9)18-8/h5,7H,4,6,13H2,1-3H3,(H,14,15,16). The summed E-state index contributed by atoms with van der Waals surface area (Å²) in [5.74, 6) is 7.95. The minimum absolute atomic E-state index is 0.577. The van der Waals surface area contributed by atoms with E-state index in [1.165, 1.54) is 4.88 Å². The van der Waals surface area contributed by atoms with Crippen molar-refractivity contribution < 1.29 is 0 Å². The lowest BCUT2D eigenvalue weighted by atomic mass is 10.3. The minimum atomic E-state index is 0.577. The summed E-state index contributed by atoms with van der Waals surface area (Å²) in [6.07, 6.45) is 1.01. The highest BCUT2D eigenvalue weighted by molar-refractivity contribution is 7.99. The Balaban J connectivity index is 2.38. The summed E-state index contributed by atoms with van der Waals surface area (Å²) in [5.41, 5.74) is 2.68. The zero-order valence-corrected chi connectivity index (χ0v) is 12.5. The van der Waals surface area contributed by atoms with Gasteiger partial charge in [0.05, 0.1) is 11.1 Å². The molecule has 0 saturated heterocycles. The molecule has 2 heterocycles. The summed E-state index contributed by atoms with van der Waals surface area (Å²) in [6, 6.07) is 2.12. The van der Waals surface area contributed by atoms with Crippen molar-refractivity contribution in [3.63, 3.8) is 0 Å². The van der Waals surface area contributed by atoms with Crippen LogP contribution in [0.25, 0.3) is 10.2 Å². The third-order valence-electron chi connectivity index (χ3n) is 2.52. The fourth-order valence-corrected chi connectivity index (χ4v) is 3.20. The van der Waals surface area contributed by atoms with E-state index in [4.69, 9.17) is 5.84 Å². The number of anilines is 1. The smallest absolute Gasteiger partial charge is 0.152 e. The Morgan fingerprint density at radius 1 is 1.44 bits per heavy atom. The minimum Gasteiger partial charge on any atom is -0.308 e. The molecular weight excluding hydrogens is 264 g/mol. The Kier molecular flexibility index (Phi) is 4.42. The summed E-state index contributed by atoms with van der Waals surface area (Å²) >= 11 is 3.55. The van der Waals surface area contributed by atoms with Gasteiger partial charge in [-0.25, -0.2) is 15.8 Å². The molecular formula is C12H18N4S2. The molecule has 2 aromatic rings. The number of nitrogens with one attached hydrogen (secondary N) is 1. The van der Waals surface area contributed by atoms with Gasteiger partial charge < -0.3 is 5.43 Å². The SMILES string of the molecule is CCc1cc2c(NN)nc(CSC(C)C)nc2s1. The van der Waals surface area contributed by atoms with Crippen molar-refractivity contribution in [2.75, 3.05) is 5.43 Å². The Hall–Kier alpha value is -0.850. The van der Waals surface area contributed by atoms with Gasteiger partial charge in [0.15, 0.2) is 5.82 Å². The first-order chi connectivity index (χ1) is 8.63. The highest BCUT2D eigenvalue weighted by Crippen LogP contribution is 2.29. The van der Waals surface area contributed by atoms with Crippen LogP contribution in [-0.2, 0) is 12.2 Å². The quantitative estimate of drug-likeness (QED) is 0.651. The summed E-state index contributed by atoms with van der Waals surface area (Å²) in [5, 5.41) is 1.60. The van der Waals surface area contributed by atoms with Crippen LogP contribution in [0.3, 0.4) is 0 Å². The van der Waals surface area contributed by atoms with E-state index < -0.39 is 0 Å². The van der Waals surface area contributed by atoms with Crippen LogP contribution in [0.2, 0.25) is 0 Å². The average molecular weight is 282 g/mol. The van der Waals surface area contributed by atoms with Crippen LogP contribution in [0, 0.1) is 0 Å². The lowest BCUT2D eigenvalue weighted by Gasteiger charge is -2.06. The van der Waals surface area contributed by atoms with Crippen molar-refractivity contribution in [2.45, 2.75) is 38.2 Å². The Labute approximate surface area is 115 Å². The second kappa shape index (κ2) is 5.86. The number of hydrogen-bond donors (Lipinski definition) is 2. The Morgan fingerprint density at radius 2 is 2.22 bits per heavy atom. The summed E-state index contributed by atoms with van der Waals surface area (Å²) in [6.45, 7) is 6.49. The molecule has 0 fully saturated rings. The summed E-state index contributed by atoms with van der Waals surface area (Å²) < 4.78 is 0. The second-order valence-corrected chi connectivity index (χ2v) is 6.96. The highest BCUT2D eigenvalue weighted by atomic mass is 32.2. The number of hydrogen-bond acceptors (Lipinski definition) is 6. The van der Waals surface area contributed by atoms with Crippen LogP contribution in [-0.4, -0.2) is 15.2 Å². The van der Waals surface area contributed by atoms with Crippen LogP contribution in [0.1, 0.15) is 31.5 Å². The number of hydrazine groups is 1. The number of thiophene rings is 1. The molecule has 0 atom stereocenters. The maximum absolute atomic E-state index is 5.55. The molecule has 0 aliphatic heterocycles. The van der Waals surface area contributed by atoms with Crippen molar-refractivity contribution >= 4 is 39.1 Å². The van der Waals surface area contributed by atoms with Crippen molar-refractivity contribution in [1.82, 2.24) is 9.97 Å². The van der Waals surface area contributed by atoms with Crippen LogP contribution >= 0.6 is 23.1 Å². The van der Waals surface area contributed by atoms with Gasteiger partial charge in [-0.3, -0.25) is 0 Å². The maximum Gasteiger partial charge on any atom is 0.152 e. The molecule has 2 aromatic heterocycles. The van der Waals surface area contributed by atoms with E-state index >= 15 is 0 Å². The topological polar surface area (TPSA) is 63.8 Å². The number of nitrogens with zero attached hydrogens (tertiary/aromatic N) is 2. The zero-order valence-electron chi connectivity index (χ0n) is 10.9. The number of fused-ring (bicyclic) bond motifs is 1. The zero-order chi connectivity index (χ0) is 13.1. The van der Waals surface area contributed by atoms with Gasteiger partial charge in [-0.1, -0.05) is 20.8 Å². The van der Waals surface area contributed by atoms with Gasteiger partial charge in [-0.05, 0) is 17.7 Å². The monoisotopic (exact) mass is 282 g/mol. The van der Waals surface area contributed by atoms with Crippen molar-refractivity contribution in [1.29, 1.82) is 0 Å². The molecule has 0 aliphatic carbocycles. The van der Waals surface area contributed by atoms with Crippen LogP contribution in [0.4, 0.5) is 5.82 Å². The second-order valence-electron chi connectivity index (χ2n) is 4.28. The first-order valence-electron chi connectivity index (χ1n) is 6.01. The van der Waals surface area contributed by atoms with Crippen molar-refractivity contribution in [2.24, 2.45) is 5.84 Å². The fourth-order valence-electron chi connectivity index (χ4n) is 1.61. The molecule has 6 heteroatoms. The molecule has 2 rings (SSSR count). The molecule has 3 N–H and O–H groups in total. The van der Waals surface area contributed by atoms with Crippen LogP contribution in [0.5, 0.6) is 0 Å². The third kappa shape index (κ3) is 2.93. The lowest BCUT2D eigenvalue weighted by Crippen LogP contribution is -2.10. The van der Waals surface area contributed by atoms with Crippen LogP contribution < -0.4 is 11.3 Å². The molecule has 98 valence electrons. The van der Waals surface area contributed by atoms with E-state index in [1.807, 2.05) is 11.8 Å². The van der Waals surface area contributed by atoms with Gasteiger partial charge in [0, 0.05) is 4.88 Å². The lowest BCUT2D eigenvalue weighted by molar-refractivity contribution is 1.05. The van der Waals surface area contributed by atoms with Gasteiger partial charge in [0.1, 0.15) is 10.7 Å². The molecule has 0 spiro atoms. The van der Waals surface area contributed by atoms with Gasteiger partial charge in [-0.2, -0.15) is 11.8 Å².